The Kier molecular flexibility index (Phi) is 3.77. The van der Waals surface area contributed by atoms with Crippen molar-refractivity contribution >= 4 is 6.08 Å². The van der Waals surface area contributed by atoms with Gasteiger partial charge in [0.2, 0.25) is 0 Å². The van der Waals surface area contributed by atoms with Crippen LogP contribution in [0, 0.1) is 0 Å². The van der Waals surface area contributed by atoms with E-state index in [0.29, 0.717) is 5.92 Å². The molecule has 0 aromatic heterocycles. The van der Waals surface area contributed by atoms with Gasteiger partial charge in [0.1, 0.15) is 0 Å². The van der Waals surface area contributed by atoms with Crippen LogP contribution in [0.1, 0.15) is 30.9 Å². The highest BCUT2D eigenvalue weighted by molar-refractivity contribution is 5.54. The Morgan fingerprint density at radius 2 is 1.41 bits per heavy atom. The van der Waals surface area contributed by atoms with E-state index in [0.717, 1.165) is 0 Å². The van der Waals surface area contributed by atoms with Crippen LogP contribution < -0.4 is 0 Å². The summed E-state index contributed by atoms with van der Waals surface area (Å²) in [5.74, 6) is 0.469. The fourth-order valence-corrected chi connectivity index (χ4v) is 1.94. The van der Waals surface area contributed by atoms with Crippen LogP contribution in [-0.4, -0.2) is 0 Å². The molecule has 0 amide bonds. The van der Waals surface area contributed by atoms with Gasteiger partial charge in [0.05, 0.1) is 0 Å². The Bertz CT molecular complexity index is 480. The molecule has 0 aliphatic carbocycles. The van der Waals surface area contributed by atoms with Gasteiger partial charge in [-0.3, -0.25) is 0 Å². The van der Waals surface area contributed by atoms with E-state index < -0.39 is 0 Å². The van der Waals surface area contributed by atoms with Crippen molar-refractivity contribution in [1.82, 2.24) is 0 Å². The van der Waals surface area contributed by atoms with Gasteiger partial charge in [0, 0.05) is 5.92 Å². The van der Waals surface area contributed by atoms with Crippen LogP contribution >= 0.6 is 0 Å². The molecular weight excluding hydrogens is 204 g/mol. The van der Waals surface area contributed by atoms with E-state index in [1.54, 1.807) is 0 Å². The Morgan fingerprint density at radius 1 is 0.882 bits per heavy atom. The van der Waals surface area contributed by atoms with Crippen molar-refractivity contribution < 1.29 is 0 Å². The minimum Gasteiger partial charge on any atom is -0.0655 e. The van der Waals surface area contributed by atoms with E-state index in [2.05, 4.69) is 74.5 Å². The molecule has 0 saturated carbocycles. The zero-order valence-corrected chi connectivity index (χ0v) is 10.4. The van der Waals surface area contributed by atoms with Gasteiger partial charge in [-0.15, -0.1) is 0 Å². The maximum atomic E-state index is 2.26. The van der Waals surface area contributed by atoms with E-state index in [1.165, 1.54) is 16.7 Å². The third-order valence-corrected chi connectivity index (χ3v) is 3.18. The molecule has 0 fully saturated rings. The Hall–Kier alpha value is -1.82. The summed E-state index contributed by atoms with van der Waals surface area (Å²) < 4.78 is 0. The molecule has 0 aliphatic heterocycles. The zero-order chi connectivity index (χ0) is 12.1. The van der Waals surface area contributed by atoms with Gasteiger partial charge in [-0.05, 0) is 18.1 Å². The Labute approximate surface area is 104 Å². The van der Waals surface area contributed by atoms with Crippen molar-refractivity contribution in [1.29, 1.82) is 0 Å². The van der Waals surface area contributed by atoms with Crippen LogP contribution in [0.5, 0.6) is 0 Å². The molecular formula is C17H18. The molecule has 2 rings (SSSR count). The van der Waals surface area contributed by atoms with Crippen molar-refractivity contribution in [2.75, 3.05) is 0 Å². The average Bonchev–Trinajstić information content (AvgIpc) is 2.40. The number of rotatable bonds is 3. The molecule has 0 saturated heterocycles. The SMILES string of the molecule is C/C(=C/c1ccccc1)C(C)c1ccccc1. The van der Waals surface area contributed by atoms with Crippen molar-refractivity contribution in [3.8, 4) is 0 Å². The first kappa shape index (κ1) is 11.7. The topological polar surface area (TPSA) is 0 Å². The van der Waals surface area contributed by atoms with Gasteiger partial charge < -0.3 is 0 Å². The van der Waals surface area contributed by atoms with E-state index in [1.807, 2.05) is 6.07 Å². The summed E-state index contributed by atoms with van der Waals surface area (Å²) in [6, 6.07) is 21.1. The number of benzene rings is 2. The van der Waals surface area contributed by atoms with E-state index in [4.69, 9.17) is 0 Å². The summed E-state index contributed by atoms with van der Waals surface area (Å²) in [7, 11) is 0. The van der Waals surface area contributed by atoms with Crippen molar-refractivity contribution in [3.63, 3.8) is 0 Å². The fraction of sp³-hybridized carbons (Fsp3) is 0.176. The maximum Gasteiger partial charge on any atom is 0.00203 e. The predicted octanol–water partition coefficient (Wildman–Crippen LogP) is 4.89. The quantitative estimate of drug-likeness (QED) is 0.693. The van der Waals surface area contributed by atoms with Crippen LogP contribution in [0.25, 0.3) is 6.08 Å². The monoisotopic (exact) mass is 222 g/mol. The Balaban J connectivity index is 2.21. The molecule has 0 N–H and O–H groups in total. The van der Waals surface area contributed by atoms with Gasteiger partial charge in [0.25, 0.3) is 0 Å². The molecule has 2 aromatic rings. The standard InChI is InChI=1S/C17H18/c1-14(13-16-9-5-3-6-10-16)15(2)17-11-7-4-8-12-17/h3-13,15H,1-2H3/b14-13-. The zero-order valence-electron chi connectivity index (χ0n) is 10.4. The smallest absolute Gasteiger partial charge is 0.00203 e. The number of hydrogen-bond acceptors (Lipinski definition) is 0. The second-order valence-electron chi connectivity index (χ2n) is 4.43. The van der Waals surface area contributed by atoms with Crippen LogP contribution in [0.2, 0.25) is 0 Å². The summed E-state index contributed by atoms with van der Waals surface area (Å²) in [4.78, 5) is 0. The van der Waals surface area contributed by atoms with Gasteiger partial charge in [-0.25, -0.2) is 0 Å². The summed E-state index contributed by atoms with van der Waals surface area (Å²) in [5, 5.41) is 0. The lowest BCUT2D eigenvalue weighted by Crippen LogP contribution is -1.94. The first-order valence-electron chi connectivity index (χ1n) is 6.05. The third-order valence-electron chi connectivity index (χ3n) is 3.18. The predicted molar refractivity (Wildman–Crippen MR) is 75.0 cm³/mol. The molecule has 1 unspecified atom stereocenters. The minimum absolute atomic E-state index is 0.469. The lowest BCUT2D eigenvalue weighted by molar-refractivity contribution is 0.902. The summed E-state index contributed by atoms with van der Waals surface area (Å²) in [6.45, 7) is 4.45. The molecule has 0 radical (unpaired) electrons. The van der Waals surface area contributed by atoms with Crippen LogP contribution in [0.4, 0.5) is 0 Å². The molecule has 0 heteroatoms. The molecule has 2 aromatic carbocycles. The number of allylic oxidation sites excluding steroid dienone is 1. The largest absolute Gasteiger partial charge is 0.0655 e. The summed E-state index contributed by atoms with van der Waals surface area (Å²) >= 11 is 0. The summed E-state index contributed by atoms with van der Waals surface area (Å²) in [5.41, 5.74) is 4.03. The Morgan fingerprint density at radius 3 is 2.00 bits per heavy atom. The van der Waals surface area contributed by atoms with E-state index in [9.17, 15) is 0 Å². The highest BCUT2D eigenvalue weighted by Crippen LogP contribution is 2.24. The molecule has 1 atom stereocenters. The third kappa shape index (κ3) is 3.07. The highest BCUT2D eigenvalue weighted by Gasteiger charge is 2.06. The van der Waals surface area contributed by atoms with Gasteiger partial charge in [-0.2, -0.15) is 0 Å². The molecule has 0 spiro atoms. The minimum atomic E-state index is 0.469. The average molecular weight is 222 g/mol. The van der Waals surface area contributed by atoms with E-state index in [-0.39, 0.29) is 0 Å². The molecule has 17 heavy (non-hydrogen) atoms. The molecule has 0 heterocycles. The molecule has 86 valence electrons. The van der Waals surface area contributed by atoms with Crippen molar-refractivity contribution in [2.45, 2.75) is 19.8 Å². The molecule has 0 aliphatic rings. The lowest BCUT2D eigenvalue weighted by Gasteiger charge is -2.12. The van der Waals surface area contributed by atoms with Crippen LogP contribution in [0.3, 0.4) is 0 Å². The van der Waals surface area contributed by atoms with Crippen molar-refractivity contribution in [2.24, 2.45) is 0 Å². The highest BCUT2D eigenvalue weighted by atomic mass is 14.1. The fourth-order valence-electron chi connectivity index (χ4n) is 1.94. The molecule has 0 nitrogen and oxygen atoms in total. The summed E-state index contributed by atoms with van der Waals surface area (Å²) in [6.07, 6.45) is 2.26. The number of hydrogen-bond donors (Lipinski definition) is 0. The first-order valence-corrected chi connectivity index (χ1v) is 6.05. The second-order valence-corrected chi connectivity index (χ2v) is 4.43. The van der Waals surface area contributed by atoms with Gasteiger partial charge in [0.15, 0.2) is 0 Å². The van der Waals surface area contributed by atoms with Crippen molar-refractivity contribution in [3.05, 3.63) is 77.4 Å². The first-order chi connectivity index (χ1) is 8.27. The van der Waals surface area contributed by atoms with Gasteiger partial charge >= 0.3 is 0 Å². The lowest BCUT2D eigenvalue weighted by atomic mass is 9.93. The molecule has 0 bridgehead atoms. The van der Waals surface area contributed by atoms with E-state index >= 15 is 0 Å². The maximum absolute atomic E-state index is 2.26. The second kappa shape index (κ2) is 5.49. The van der Waals surface area contributed by atoms with Crippen LogP contribution in [-0.2, 0) is 0 Å². The van der Waals surface area contributed by atoms with Crippen LogP contribution in [0.15, 0.2) is 66.2 Å². The van der Waals surface area contributed by atoms with Gasteiger partial charge in [-0.1, -0.05) is 79.2 Å². The normalized spacial score (nSPS) is 13.4.